The van der Waals surface area contributed by atoms with Crippen LogP contribution in [0.15, 0.2) is 6.07 Å². The lowest BCUT2D eigenvalue weighted by Gasteiger charge is -2.13. The molecule has 0 N–H and O–H groups in total. The lowest BCUT2D eigenvalue weighted by molar-refractivity contribution is 0.0901. The van der Waals surface area contributed by atoms with E-state index >= 15 is 0 Å². The van der Waals surface area contributed by atoms with Gasteiger partial charge in [0.05, 0.1) is 4.88 Å². The molecule has 2 heteroatoms. The molecule has 0 saturated heterocycles. The van der Waals surface area contributed by atoms with Gasteiger partial charge in [-0.25, -0.2) is 0 Å². The Morgan fingerprint density at radius 2 is 2.13 bits per heavy atom. The monoisotopic (exact) mass is 222 g/mol. The molecule has 1 aliphatic rings. The van der Waals surface area contributed by atoms with Gasteiger partial charge in [0.2, 0.25) is 0 Å². The van der Waals surface area contributed by atoms with E-state index < -0.39 is 0 Å². The Morgan fingerprint density at radius 3 is 2.60 bits per heavy atom. The van der Waals surface area contributed by atoms with Crippen LogP contribution in [0.3, 0.4) is 0 Å². The number of hydrogen-bond acceptors (Lipinski definition) is 2. The zero-order chi connectivity index (χ0) is 11.0. The van der Waals surface area contributed by atoms with Crippen molar-refractivity contribution >= 4 is 17.1 Å². The lowest BCUT2D eigenvalue weighted by atomic mass is 9.92. The van der Waals surface area contributed by atoms with E-state index in [-0.39, 0.29) is 0 Å². The highest BCUT2D eigenvalue weighted by molar-refractivity contribution is 7.14. The SMILES string of the molecule is Cc1cc(C)c(C(=O)C2CCCC2C)s1. The number of rotatable bonds is 2. The molecule has 0 aliphatic heterocycles. The standard InChI is InChI=1S/C13H18OS/c1-8-5-4-6-11(8)12(14)13-9(2)7-10(3)15-13/h7-8,11H,4-6H2,1-3H3. The van der Waals surface area contributed by atoms with Crippen LogP contribution in [-0.2, 0) is 0 Å². The highest BCUT2D eigenvalue weighted by Gasteiger charge is 2.31. The van der Waals surface area contributed by atoms with Crippen molar-refractivity contribution in [1.29, 1.82) is 0 Å². The summed E-state index contributed by atoms with van der Waals surface area (Å²) in [6.07, 6.45) is 3.54. The Balaban J connectivity index is 2.24. The number of aryl methyl sites for hydroxylation is 2. The van der Waals surface area contributed by atoms with Gasteiger partial charge in [0.1, 0.15) is 0 Å². The summed E-state index contributed by atoms with van der Waals surface area (Å²) in [5.41, 5.74) is 1.17. The number of ketones is 1. The van der Waals surface area contributed by atoms with Crippen molar-refractivity contribution in [1.82, 2.24) is 0 Å². The Bertz CT molecular complexity index is 378. The molecule has 1 fully saturated rings. The van der Waals surface area contributed by atoms with E-state index in [0.29, 0.717) is 17.6 Å². The highest BCUT2D eigenvalue weighted by atomic mass is 32.1. The quantitative estimate of drug-likeness (QED) is 0.692. The fourth-order valence-electron chi connectivity index (χ4n) is 2.59. The molecule has 0 amide bonds. The Morgan fingerprint density at radius 1 is 1.40 bits per heavy atom. The molecule has 1 aliphatic carbocycles. The predicted molar refractivity (Wildman–Crippen MR) is 64.6 cm³/mol. The highest BCUT2D eigenvalue weighted by Crippen LogP contribution is 2.36. The first-order valence-corrected chi connectivity index (χ1v) is 6.52. The minimum absolute atomic E-state index is 0.293. The van der Waals surface area contributed by atoms with Gasteiger partial charge in [-0.05, 0) is 44.2 Å². The second kappa shape index (κ2) is 4.09. The molecule has 1 aromatic rings. The van der Waals surface area contributed by atoms with Crippen LogP contribution in [-0.4, -0.2) is 5.78 Å². The van der Waals surface area contributed by atoms with E-state index in [1.54, 1.807) is 11.3 Å². The first-order chi connectivity index (χ1) is 7.09. The van der Waals surface area contributed by atoms with Crippen LogP contribution >= 0.6 is 11.3 Å². The first-order valence-electron chi connectivity index (χ1n) is 5.71. The molecule has 1 heterocycles. The summed E-state index contributed by atoms with van der Waals surface area (Å²) in [7, 11) is 0. The normalized spacial score (nSPS) is 25.8. The van der Waals surface area contributed by atoms with Crippen LogP contribution in [0.4, 0.5) is 0 Å². The van der Waals surface area contributed by atoms with E-state index in [1.165, 1.54) is 23.3 Å². The van der Waals surface area contributed by atoms with Crippen molar-refractivity contribution in [3.05, 3.63) is 21.4 Å². The van der Waals surface area contributed by atoms with Crippen molar-refractivity contribution in [2.45, 2.75) is 40.0 Å². The molecule has 2 atom stereocenters. The number of Topliss-reactive ketones (excluding diaryl/α,β-unsaturated/α-hetero) is 1. The van der Waals surface area contributed by atoms with Crippen LogP contribution in [0.25, 0.3) is 0 Å². The van der Waals surface area contributed by atoms with Gasteiger partial charge in [-0.2, -0.15) is 0 Å². The maximum Gasteiger partial charge on any atom is 0.176 e. The van der Waals surface area contributed by atoms with Crippen molar-refractivity contribution in [2.75, 3.05) is 0 Å². The molecular weight excluding hydrogens is 204 g/mol. The number of hydrogen-bond donors (Lipinski definition) is 0. The topological polar surface area (TPSA) is 17.1 Å². The van der Waals surface area contributed by atoms with Gasteiger partial charge in [0.15, 0.2) is 5.78 Å². The second-order valence-electron chi connectivity index (χ2n) is 4.75. The minimum atomic E-state index is 0.293. The van der Waals surface area contributed by atoms with Crippen LogP contribution in [0.1, 0.15) is 46.3 Å². The number of thiophene rings is 1. The molecule has 1 nitrogen and oxygen atoms in total. The first kappa shape index (κ1) is 10.9. The molecule has 1 saturated carbocycles. The van der Waals surface area contributed by atoms with Crippen molar-refractivity contribution in [2.24, 2.45) is 11.8 Å². The molecule has 0 spiro atoms. The number of carbonyl (C=O) groups excluding carboxylic acids is 1. The maximum absolute atomic E-state index is 12.3. The largest absolute Gasteiger partial charge is 0.293 e. The average Bonchev–Trinajstić information content (AvgIpc) is 2.71. The molecule has 15 heavy (non-hydrogen) atoms. The number of carbonyl (C=O) groups is 1. The Kier molecular flexibility index (Phi) is 2.96. The average molecular weight is 222 g/mol. The van der Waals surface area contributed by atoms with Crippen LogP contribution < -0.4 is 0 Å². The van der Waals surface area contributed by atoms with Gasteiger partial charge >= 0.3 is 0 Å². The third-order valence-corrected chi connectivity index (χ3v) is 4.63. The van der Waals surface area contributed by atoms with E-state index in [4.69, 9.17) is 0 Å². The van der Waals surface area contributed by atoms with Gasteiger partial charge in [0, 0.05) is 10.8 Å². The Hall–Kier alpha value is -0.630. The van der Waals surface area contributed by atoms with E-state index in [1.807, 2.05) is 0 Å². The van der Waals surface area contributed by atoms with Gasteiger partial charge < -0.3 is 0 Å². The molecule has 2 rings (SSSR count). The summed E-state index contributed by atoms with van der Waals surface area (Å²) < 4.78 is 0. The van der Waals surface area contributed by atoms with Gasteiger partial charge in [-0.3, -0.25) is 4.79 Å². The molecule has 82 valence electrons. The summed E-state index contributed by atoms with van der Waals surface area (Å²) in [6, 6.07) is 2.12. The fraction of sp³-hybridized carbons (Fsp3) is 0.615. The van der Waals surface area contributed by atoms with Gasteiger partial charge in [0.25, 0.3) is 0 Å². The van der Waals surface area contributed by atoms with Crippen molar-refractivity contribution < 1.29 is 4.79 Å². The summed E-state index contributed by atoms with van der Waals surface area (Å²) in [5, 5.41) is 0. The lowest BCUT2D eigenvalue weighted by Crippen LogP contribution is -2.16. The smallest absolute Gasteiger partial charge is 0.176 e. The molecule has 2 unspecified atom stereocenters. The zero-order valence-electron chi connectivity index (χ0n) is 9.67. The molecular formula is C13H18OS. The second-order valence-corrected chi connectivity index (χ2v) is 6.00. The third-order valence-electron chi connectivity index (χ3n) is 3.46. The molecule has 1 aromatic heterocycles. The third kappa shape index (κ3) is 2.00. The van der Waals surface area contributed by atoms with Gasteiger partial charge in [-0.15, -0.1) is 11.3 Å². The van der Waals surface area contributed by atoms with Crippen LogP contribution in [0.2, 0.25) is 0 Å². The molecule has 0 radical (unpaired) electrons. The minimum Gasteiger partial charge on any atom is -0.293 e. The van der Waals surface area contributed by atoms with Crippen LogP contribution in [0.5, 0.6) is 0 Å². The van der Waals surface area contributed by atoms with E-state index in [0.717, 1.165) is 11.3 Å². The Labute approximate surface area is 95.5 Å². The summed E-state index contributed by atoms with van der Waals surface area (Å²) in [5.74, 6) is 1.27. The van der Waals surface area contributed by atoms with Crippen molar-refractivity contribution in [3.8, 4) is 0 Å². The van der Waals surface area contributed by atoms with E-state index in [9.17, 15) is 4.79 Å². The zero-order valence-corrected chi connectivity index (χ0v) is 10.5. The maximum atomic E-state index is 12.3. The fourth-order valence-corrected chi connectivity index (χ4v) is 3.62. The summed E-state index contributed by atoms with van der Waals surface area (Å²) in [6.45, 7) is 6.34. The van der Waals surface area contributed by atoms with Crippen molar-refractivity contribution in [3.63, 3.8) is 0 Å². The van der Waals surface area contributed by atoms with E-state index in [2.05, 4.69) is 26.8 Å². The molecule has 0 aromatic carbocycles. The predicted octanol–water partition coefficient (Wildman–Crippen LogP) is 3.98. The summed E-state index contributed by atoms with van der Waals surface area (Å²) >= 11 is 1.66. The molecule has 0 bridgehead atoms. The van der Waals surface area contributed by atoms with Gasteiger partial charge in [-0.1, -0.05) is 13.3 Å². The van der Waals surface area contributed by atoms with Crippen LogP contribution in [0, 0.1) is 25.7 Å². The summed E-state index contributed by atoms with van der Waals surface area (Å²) in [4.78, 5) is 14.6.